The van der Waals surface area contributed by atoms with Gasteiger partial charge >= 0.3 is 0 Å². The molecule has 0 saturated heterocycles. The molecule has 0 bridgehead atoms. The molecule has 1 N–H and O–H groups in total. The Hall–Kier alpha value is -2.73. The van der Waals surface area contributed by atoms with Crippen molar-refractivity contribution in [3.05, 3.63) is 60.7 Å². The highest BCUT2D eigenvalue weighted by Crippen LogP contribution is 2.35. The number of nitrogens with zero attached hydrogens (tertiary/aromatic N) is 2. The normalized spacial score (nSPS) is 12.0. The lowest BCUT2D eigenvalue weighted by Crippen LogP contribution is -1.95. The van der Waals surface area contributed by atoms with Crippen LogP contribution in [0.15, 0.2) is 75.8 Å². The van der Waals surface area contributed by atoms with Gasteiger partial charge in [0.25, 0.3) is 0 Å². The number of benzene rings is 3. The molecule has 0 aliphatic rings. The molecule has 0 radical (unpaired) electrons. The molecule has 0 amide bonds. The summed E-state index contributed by atoms with van der Waals surface area (Å²) >= 11 is 0. The second kappa shape index (κ2) is 5.81. The maximum Gasteiger partial charge on any atom is 0.175 e. The average Bonchev–Trinajstić information content (AvgIpc) is 2.53. The molecule has 0 aromatic heterocycles. The molecule has 0 aliphatic carbocycles. The first-order valence-electron chi connectivity index (χ1n) is 6.88. The third-order valence-corrected chi connectivity index (χ3v) is 4.54. The zero-order chi connectivity index (χ0) is 16.4. The van der Waals surface area contributed by atoms with Crippen LogP contribution >= 0.6 is 0 Å². The van der Waals surface area contributed by atoms with Crippen molar-refractivity contribution < 1.29 is 13.5 Å². The zero-order valence-corrected chi connectivity index (χ0v) is 13.2. The van der Waals surface area contributed by atoms with Gasteiger partial charge in [0.05, 0.1) is 10.6 Å². The number of hydrogen-bond acceptors (Lipinski definition) is 5. The smallest absolute Gasteiger partial charge is 0.175 e. The van der Waals surface area contributed by atoms with Crippen molar-refractivity contribution in [3.63, 3.8) is 0 Å². The van der Waals surface area contributed by atoms with E-state index in [0.29, 0.717) is 11.4 Å². The predicted molar refractivity (Wildman–Crippen MR) is 89.3 cm³/mol. The third kappa shape index (κ3) is 3.22. The highest BCUT2D eigenvalue weighted by molar-refractivity contribution is 7.90. The standard InChI is InChI=1S/C17H14N2O3S/c1-23(21,22)14-9-7-13(8-10-14)18-19-17-15-5-3-2-4-12(15)6-11-16(17)20/h2-11,20H,1H3/b19-18+. The molecule has 0 fully saturated rings. The first-order chi connectivity index (χ1) is 10.9. The fraction of sp³-hybridized carbons (Fsp3) is 0.0588. The summed E-state index contributed by atoms with van der Waals surface area (Å²) in [4.78, 5) is 0.226. The Labute approximate surface area is 133 Å². The van der Waals surface area contributed by atoms with Crippen molar-refractivity contribution in [3.8, 4) is 5.75 Å². The van der Waals surface area contributed by atoms with Crippen LogP contribution < -0.4 is 0 Å². The summed E-state index contributed by atoms with van der Waals surface area (Å²) in [5, 5.41) is 20.0. The van der Waals surface area contributed by atoms with Crippen LogP contribution in [0.5, 0.6) is 5.75 Å². The summed E-state index contributed by atoms with van der Waals surface area (Å²) in [6.45, 7) is 0. The van der Waals surface area contributed by atoms with Crippen LogP contribution in [0.2, 0.25) is 0 Å². The van der Waals surface area contributed by atoms with E-state index in [0.717, 1.165) is 17.0 Å². The van der Waals surface area contributed by atoms with E-state index in [1.165, 1.54) is 12.1 Å². The van der Waals surface area contributed by atoms with E-state index >= 15 is 0 Å². The molecule has 116 valence electrons. The van der Waals surface area contributed by atoms with Gasteiger partial charge in [-0.1, -0.05) is 30.3 Å². The monoisotopic (exact) mass is 326 g/mol. The van der Waals surface area contributed by atoms with Crippen LogP contribution in [0.3, 0.4) is 0 Å². The molecular weight excluding hydrogens is 312 g/mol. The molecule has 23 heavy (non-hydrogen) atoms. The van der Waals surface area contributed by atoms with Crippen LogP contribution in [0, 0.1) is 0 Å². The topological polar surface area (TPSA) is 79.1 Å². The largest absolute Gasteiger partial charge is 0.506 e. The van der Waals surface area contributed by atoms with Crippen LogP contribution in [0.25, 0.3) is 10.8 Å². The van der Waals surface area contributed by atoms with E-state index in [1.54, 1.807) is 18.2 Å². The summed E-state index contributed by atoms with van der Waals surface area (Å²) in [5.74, 6) is 0.0419. The number of azo groups is 1. The summed E-state index contributed by atoms with van der Waals surface area (Å²) in [6, 6.07) is 17.0. The Morgan fingerprint density at radius 3 is 2.26 bits per heavy atom. The number of aromatic hydroxyl groups is 1. The van der Waals surface area contributed by atoms with Gasteiger partial charge in [-0.3, -0.25) is 0 Å². The van der Waals surface area contributed by atoms with Crippen LogP contribution in [0.4, 0.5) is 11.4 Å². The maximum absolute atomic E-state index is 11.4. The zero-order valence-electron chi connectivity index (χ0n) is 12.3. The quantitative estimate of drug-likeness (QED) is 0.726. The Morgan fingerprint density at radius 2 is 1.57 bits per heavy atom. The number of phenols is 1. The number of fused-ring (bicyclic) bond motifs is 1. The predicted octanol–water partition coefficient (Wildman–Crippen LogP) is 4.36. The van der Waals surface area contributed by atoms with E-state index in [4.69, 9.17) is 0 Å². The van der Waals surface area contributed by atoms with E-state index in [9.17, 15) is 13.5 Å². The molecule has 6 heteroatoms. The second-order valence-electron chi connectivity index (χ2n) is 5.12. The Bertz CT molecular complexity index is 994. The van der Waals surface area contributed by atoms with Crippen LogP contribution in [-0.2, 0) is 9.84 Å². The van der Waals surface area contributed by atoms with E-state index < -0.39 is 9.84 Å². The van der Waals surface area contributed by atoms with Gasteiger partial charge in [0.1, 0.15) is 11.4 Å². The summed E-state index contributed by atoms with van der Waals surface area (Å²) in [5.41, 5.74) is 0.889. The fourth-order valence-corrected chi connectivity index (χ4v) is 2.85. The molecule has 3 aromatic rings. The number of hydrogen-bond donors (Lipinski definition) is 1. The molecule has 3 aromatic carbocycles. The third-order valence-electron chi connectivity index (χ3n) is 3.41. The average molecular weight is 326 g/mol. The van der Waals surface area contributed by atoms with Gasteiger partial charge in [-0.2, -0.15) is 5.11 Å². The van der Waals surface area contributed by atoms with Crippen LogP contribution in [0.1, 0.15) is 0 Å². The van der Waals surface area contributed by atoms with Crippen molar-refractivity contribution in [2.24, 2.45) is 10.2 Å². The van der Waals surface area contributed by atoms with E-state index in [2.05, 4.69) is 10.2 Å². The first-order valence-corrected chi connectivity index (χ1v) is 8.77. The molecule has 0 heterocycles. The highest BCUT2D eigenvalue weighted by atomic mass is 32.2. The SMILES string of the molecule is CS(=O)(=O)c1ccc(/N=N/c2c(O)ccc3ccccc23)cc1. The Morgan fingerprint density at radius 1 is 0.870 bits per heavy atom. The highest BCUT2D eigenvalue weighted by Gasteiger charge is 2.07. The lowest BCUT2D eigenvalue weighted by atomic mass is 10.1. The van der Waals surface area contributed by atoms with Crippen molar-refractivity contribution in [1.29, 1.82) is 0 Å². The van der Waals surface area contributed by atoms with Gasteiger partial charge in [-0.25, -0.2) is 8.42 Å². The van der Waals surface area contributed by atoms with Crippen LogP contribution in [-0.4, -0.2) is 19.8 Å². The number of phenolic OH excluding ortho intramolecular Hbond substituents is 1. The second-order valence-corrected chi connectivity index (χ2v) is 7.14. The van der Waals surface area contributed by atoms with Crippen molar-refractivity contribution in [2.75, 3.05) is 6.26 Å². The van der Waals surface area contributed by atoms with Crippen molar-refractivity contribution in [1.82, 2.24) is 0 Å². The van der Waals surface area contributed by atoms with Gasteiger partial charge in [0, 0.05) is 11.6 Å². The molecule has 0 atom stereocenters. The van der Waals surface area contributed by atoms with Gasteiger partial charge in [-0.05, 0) is 35.7 Å². The molecule has 0 aliphatic heterocycles. The van der Waals surface area contributed by atoms with E-state index in [1.807, 2.05) is 30.3 Å². The Kier molecular flexibility index (Phi) is 3.83. The summed E-state index contributed by atoms with van der Waals surface area (Å²) in [7, 11) is -3.23. The number of sulfone groups is 1. The molecule has 5 nitrogen and oxygen atoms in total. The van der Waals surface area contributed by atoms with Crippen molar-refractivity contribution >= 4 is 32.0 Å². The molecule has 0 spiro atoms. The minimum Gasteiger partial charge on any atom is -0.506 e. The van der Waals surface area contributed by atoms with Gasteiger partial charge in [0.2, 0.25) is 0 Å². The minimum atomic E-state index is -3.23. The van der Waals surface area contributed by atoms with Gasteiger partial charge in [0.15, 0.2) is 9.84 Å². The van der Waals surface area contributed by atoms with Gasteiger partial charge < -0.3 is 5.11 Å². The molecule has 0 unspecified atom stereocenters. The molecule has 3 rings (SSSR count). The minimum absolute atomic E-state index is 0.0419. The molecule has 0 saturated carbocycles. The van der Waals surface area contributed by atoms with Crippen molar-refractivity contribution in [2.45, 2.75) is 4.90 Å². The first kappa shape index (κ1) is 15.2. The van der Waals surface area contributed by atoms with Gasteiger partial charge in [-0.15, -0.1) is 5.11 Å². The summed E-state index contributed by atoms with van der Waals surface area (Å²) in [6.07, 6.45) is 1.15. The molecular formula is C17H14N2O3S. The maximum atomic E-state index is 11.4. The fourth-order valence-electron chi connectivity index (χ4n) is 2.22. The summed E-state index contributed by atoms with van der Waals surface area (Å²) < 4.78 is 22.9. The van der Waals surface area contributed by atoms with E-state index in [-0.39, 0.29) is 10.6 Å². The number of rotatable bonds is 3. The Balaban J connectivity index is 1.99. The lowest BCUT2D eigenvalue weighted by Gasteiger charge is -2.03. The lowest BCUT2D eigenvalue weighted by molar-refractivity contribution is 0.477.